The summed E-state index contributed by atoms with van der Waals surface area (Å²) in [5, 5.41) is 3.69. The molecule has 8 heteroatoms. The van der Waals surface area contributed by atoms with Gasteiger partial charge in [-0.25, -0.2) is 0 Å². The van der Waals surface area contributed by atoms with Crippen LogP contribution in [0.4, 0.5) is 5.69 Å². The molecule has 3 aromatic rings. The Morgan fingerprint density at radius 3 is 2.44 bits per heavy atom. The lowest BCUT2D eigenvalue weighted by atomic mass is 10.3. The highest BCUT2D eigenvalue weighted by Crippen LogP contribution is 2.36. The Hall–Kier alpha value is -2.21. The van der Waals surface area contributed by atoms with E-state index in [0.717, 1.165) is 0 Å². The predicted molar refractivity (Wildman–Crippen MR) is 96.7 cm³/mol. The number of halogens is 3. The van der Waals surface area contributed by atoms with Gasteiger partial charge in [0.2, 0.25) is 0 Å². The van der Waals surface area contributed by atoms with E-state index in [1.54, 1.807) is 36.7 Å². The highest BCUT2D eigenvalue weighted by Gasteiger charge is 2.14. The van der Waals surface area contributed by atoms with Crippen molar-refractivity contribution in [2.24, 2.45) is 0 Å². The fraction of sp³-hybridized carbons (Fsp3) is 0.0588. The number of aromatic nitrogens is 1. The first-order chi connectivity index (χ1) is 12.0. The third-order valence-corrected chi connectivity index (χ3v) is 3.93. The maximum atomic E-state index is 12.1. The number of anilines is 1. The molecule has 2 heterocycles. The number of amides is 1. The lowest BCUT2D eigenvalue weighted by Crippen LogP contribution is -2.10. The van der Waals surface area contributed by atoms with Gasteiger partial charge in [0.15, 0.2) is 11.5 Å². The van der Waals surface area contributed by atoms with Crippen LogP contribution in [0.15, 0.2) is 53.2 Å². The Balaban J connectivity index is 1.65. The van der Waals surface area contributed by atoms with Crippen LogP contribution in [0.25, 0.3) is 0 Å². The number of hydrogen-bond acceptors (Lipinski definition) is 4. The Bertz CT molecular complexity index is 874. The summed E-state index contributed by atoms with van der Waals surface area (Å²) >= 11 is 18.0. The van der Waals surface area contributed by atoms with Crippen LogP contribution >= 0.6 is 34.8 Å². The molecule has 0 bridgehead atoms. The van der Waals surface area contributed by atoms with Gasteiger partial charge in [0, 0.05) is 23.1 Å². The third-order valence-electron chi connectivity index (χ3n) is 3.15. The van der Waals surface area contributed by atoms with E-state index in [2.05, 4.69) is 10.3 Å². The molecular formula is C17H11Cl3N2O3. The molecule has 3 rings (SSSR count). The van der Waals surface area contributed by atoms with Crippen molar-refractivity contribution in [3.63, 3.8) is 0 Å². The van der Waals surface area contributed by atoms with E-state index in [4.69, 9.17) is 44.0 Å². The van der Waals surface area contributed by atoms with E-state index in [0.29, 0.717) is 32.3 Å². The topological polar surface area (TPSA) is 64.4 Å². The van der Waals surface area contributed by atoms with Crippen molar-refractivity contribution in [1.29, 1.82) is 0 Å². The Kier molecular flexibility index (Phi) is 5.48. The van der Waals surface area contributed by atoms with Crippen molar-refractivity contribution in [2.75, 3.05) is 5.32 Å². The predicted octanol–water partition coefficient (Wildman–Crippen LogP) is 5.47. The summed E-state index contributed by atoms with van der Waals surface area (Å²) in [7, 11) is 0. The Morgan fingerprint density at radius 2 is 1.76 bits per heavy atom. The van der Waals surface area contributed by atoms with Crippen LogP contribution in [0.1, 0.15) is 16.3 Å². The van der Waals surface area contributed by atoms with Gasteiger partial charge in [-0.2, -0.15) is 0 Å². The number of furan rings is 1. The number of hydrogen-bond donors (Lipinski definition) is 1. The lowest BCUT2D eigenvalue weighted by Gasteiger charge is -2.09. The van der Waals surface area contributed by atoms with Gasteiger partial charge >= 0.3 is 0 Å². The van der Waals surface area contributed by atoms with Crippen molar-refractivity contribution >= 4 is 46.4 Å². The average molecular weight is 398 g/mol. The molecule has 0 saturated heterocycles. The molecule has 0 saturated carbocycles. The summed E-state index contributed by atoms with van der Waals surface area (Å²) in [6.07, 6.45) is 3.16. The van der Waals surface area contributed by atoms with Crippen molar-refractivity contribution in [3.05, 3.63) is 75.4 Å². The quantitative estimate of drug-likeness (QED) is 0.620. The van der Waals surface area contributed by atoms with E-state index in [9.17, 15) is 4.79 Å². The van der Waals surface area contributed by atoms with E-state index in [1.165, 1.54) is 12.1 Å². The Labute approximate surface area is 158 Å². The normalized spacial score (nSPS) is 10.5. The second-order valence-electron chi connectivity index (χ2n) is 4.94. The summed E-state index contributed by atoms with van der Waals surface area (Å²) in [6, 6.07) is 9.60. The molecule has 0 aliphatic carbocycles. The molecule has 0 aliphatic heterocycles. The lowest BCUT2D eigenvalue weighted by molar-refractivity contribution is 0.0992. The monoisotopic (exact) mass is 396 g/mol. The molecule has 0 aliphatic rings. The van der Waals surface area contributed by atoms with Gasteiger partial charge in [-0.15, -0.1) is 0 Å². The van der Waals surface area contributed by atoms with E-state index < -0.39 is 0 Å². The second-order valence-corrected chi connectivity index (χ2v) is 6.19. The molecule has 0 radical (unpaired) electrons. The zero-order chi connectivity index (χ0) is 17.8. The van der Waals surface area contributed by atoms with E-state index in [1.807, 2.05) is 0 Å². The fourth-order valence-electron chi connectivity index (χ4n) is 2.02. The van der Waals surface area contributed by atoms with Gasteiger partial charge in [-0.1, -0.05) is 34.8 Å². The number of nitrogens with one attached hydrogen (secondary N) is 1. The van der Waals surface area contributed by atoms with E-state index >= 15 is 0 Å². The van der Waals surface area contributed by atoms with E-state index in [-0.39, 0.29) is 18.3 Å². The fourth-order valence-corrected chi connectivity index (χ4v) is 2.94. The number of rotatable bonds is 5. The maximum absolute atomic E-state index is 12.1. The van der Waals surface area contributed by atoms with Gasteiger partial charge in [0.05, 0.1) is 10.0 Å². The zero-order valence-electron chi connectivity index (χ0n) is 12.6. The standard InChI is InChI=1S/C17H11Cl3N2O3/c18-10-7-13(19)16(14(20)8-10)24-9-12-1-2-15(25-12)17(23)22-11-3-5-21-6-4-11/h1-8H,9H2,(H,21,22,23). The molecular weight excluding hydrogens is 387 g/mol. The molecule has 1 aromatic carbocycles. The van der Waals surface area contributed by atoms with Crippen molar-refractivity contribution in [1.82, 2.24) is 4.98 Å². The smallest absolute Gasteiger partial charge is 0.291 e. The Morgan fingerprint density at radius 1 is 1.08 bits per heavy atom. The summed E-state index contributed by atoms with van der Waals surface area (Å²) in [6.45, 7) is 0.0591. The minimum Gasteiger partial charge on any atom is -0.483 e. The summed E-state index contributed by atoms with van der Waals surface area (Å²) in [5.74, 6) is 0.526. The van der Waals surface area contributed by atoms with Crippen LogP contribution in [0, 0.1) is 0 Å². The largest absolute Gasteiger partial charge is 0.483 e. The van der Waals surface area contributed by atoms with Crippen molar-refractivity contribution in [3.8, 4) is 5.75 Å². The van der Waals surface area contributed by atoms with Gasteiger partial charge in [-0.05, 0) is 36.4 Å². The minimum atomic E-state index is -0.375. The van der Waals surface area contributed by atoms with Gasteiger partial charge < -0.3 is 14.5 Å². The number of carbonyl (C=O) groups excluding carboxylic acids is 1. The van der Waals surface area contributed by atoms with Crippen molar-refractivity contribution < 1.29 is 13.9 Å². The second kappa shape index (κ2) is 7.78. The van der Waals surface area contributed by atoms with Crippen LogP contribution in [0.5, 0.6) is 5.75 Å². The van der Waals surface area contributed by atoms with Crippen molar-refractivity contribution in [2.45, 2.75) is 6.61 Å². The number of nitrogens with zero attached hydrogens (tertiary/aromatic N) is 1. The minimum absolute atomic E-state index is 0.0591. The number of benzene rings is 1. The first kappa shape index (κ1) is 17.6. The molecule has 0 unspecified atom stereocenters. The summed E-state index contributed by atoms with van der Waals surface area (Å²) in [4.78, 5) is 16.0. The number of ether oxygens (including phenoxy) is 1. The molecule has 1 N–H and O–H groups in total. The molecule has 128 valence electrons. The van der Waals surface area contributed by atoms with Crippen LogP contribution in [0.3, 0.4) is 0 Å². The zero-order valence-corrected chi connectivity index (χ0v) is 14.9. The van der Waals surface area contributed by atoms with Crippen LogP contribution < -0.4 is 10.1 Å². The molecule has 0 fully saturated rings. The SMILES string of the molecule is O=C(Nc1ccncc1)c1ccc(COc2c(Cl)cc(Cl)cc2Cl)o1. The summed E-state index contributed by atoms with van der Waals surface area (Å²) < 4.78 is 11.0. The molecule has 0 atom stereocenters. The third kappa shape index (κ3) is 4.45. The van der Waals surface area contributed by atoms with Crippen LogP contribution in [-0.2, 0) is 6.61 Å². The van der Waals surface area contributed by atoms with Gasteiger partial charge in [-0.3, -0.25) is 9.78 Å². The average Bonchev–Trinajstić information content (AvgIpc) is 3.04. The number of carbonyl (C=O) groups is 1. The number of pyridine rings is 1. The first-order valence-electron chi connectivity index (χ1n) is 7.10. The maximum Gasteiger partial charge on any atom is 0.291 e. The molecule has 25 heavy (non-hydrogen) atoms. The van der Waals surface area contributed by atoms with Gasteiger partial charge in [0.1, 0.15) is 12.4 Å². The molecule has 1 amide bonds. The first-order valence-corrected chi connectivity index (χ1v) is 8.24. The molecule has 0 spiro atoms. The highest BCUT2D eigenvalue weighted by molar-refractivity contribution is 6.40. The van der Waals surface area contributed by atoms with Gasteiger partial charge in [0.25, 0.3) is 5.91 Å². The van der Waals surface area contributed by atoms with Crippen LogP contribution in [-0.4, -0.2) is 10.9 Å². The highest BCUT2D eigenvalue weighted by atomic mass is 35.5. The molecule has 2 aromatic heterocycles. The van der Waals surface area contributed by atoms with Crippen LogP contribution in [0.2, 0.25) is 15.1 Å². The summed E-state index contributed by atoms with van der Waals surface area (Å²) in [5.41, 5.74) is 0.619. The molecule has 5 nitrogen and oxygen atoms in total.